The smallest absolute Gasteiger partial charge is 0.255 e. The van der Waals surface area contributed by atoms with Crippen LogP contribution in [-0.2, 0) is 4.74 Å². The van der Waals surface area contributed by atoms with Crippen LogP contribution in [0.5, 0.6) is 11.5 Å². The van der Waals surface area contributed by atoms with Crippen LogP contribution in [0, 0.1) is 6.92 Å². The molecule has 3 rings (SSSR count). The molecule has 6 nitrogen and oxygen atoms in total. The summed E-state index contributed by atoms with van der Waals surface area (Å²) >= 11 is 0. The number of amides is 1. The van der Waals surface area contributed by atoms with E-state index >= 15 is 0 Å². The van der Waals surface area contributed by atoms with Crippen molar-refractivity contribution >= 4 is 17.3 Å². The molecule has 0 radical (unpaired) electrons. The molecule has 1 heterocycles. The highest BCUT2D eigenvalue weighted by atomic mass is 16.5. The van der Waals surface area contributed by atoms with E-state index in [1.54, 1.807) is 32.4 Å². The third kappa shape index (κ3) is 3.91. The van der Waals surface area contributed by atoms with Crippen molar-refractivity contribution in [1.82, 2.24) is 0 Å². The summed E-state index contributed by atoms with van der Waals surface area (Å²) in [4.78, 5) is 14.9. The normalized spacial score (nSPS) is 14.0. The summed E-state index contributed by atoms with van der Waals surface area (Å²) in [5.41, 5.74) is 3.47. The number of aryl methyl sites for hydroxylation is 1. The second kappa shape index (κ2) is 8.10. The maximum absolute atomic E-state index is 12.6. The van der Waals surface area contributed by atoms with Gasteiger partial charge >= 0.3 is 0 Å². The molecule has 0 aliphatic carbocycles. The Balaban J connectivity index is 1.75. The van der Waals surface area contributed by atoms with E-state index in [-0.39, 0.29) is 5.91 Å². The Morgan fingerprint density at radius 2 is 1.77 bits per heavy atom. The minimum Gasteiger partial charge on any atom is -0.493 e. The first-order valence-corrected chi connectivity index (χ1v) is 8.59. The molecule has 6 heteroatoms. The van der Waals surface area contributed by atoms with Gasteiger partial charge in [0.2, 0.25) is 0 Å². The van der Waals surface area contributed by atoms with Gasteiger partial charge < -0.3 is 24.4 Å². The van der Waals surface area contributed by atoms with Gasteiger partial charge in [-0.1, -0.05) is 0 Å². The van der Waals surface area contributed by atoms with Crippen LogP contribution in [0.15, 0.2) is 36.4 Å². The second-order valence-corrected chi connectivity index (χ2v) is 6.12. The largest absolute Gasteiger partial charge is 0.493 e. The van der Waals surface area contributed by atoms with Gasteiger partial charge in [-0.3, -0.25) is 4.79 Å². The van der Waals surface area contributed by atoms with E-state index in [0.29, 0.717) is 17.1 Å². The number of morpholine rings is 1. The van der Waals surface area contributed by atoms with Crippen LogP contribution in [0.25, 0.3) is 0 Å². The van der Waals surface area contributed by atoms with E-state index in [0.717, 1.165) is 43.2 Å². The number of nitrogens with zero attached hydrogens (tertiary/aromatic N) is 1. The number of rotatable bonds is 5. The van der Waals surface area contributed by atoms with Crippen molar-refractivity contribution in [3.63, 3.8) is 0 Å². The summed E-state index contributed by atoms with van der Waals surface area (Å²) in [6.45, 7) is 5.26. The molecule has 1 aliphatic heterocycles. The topological polar surface area (TPSA) is 60.0 Å². The van der Waals surface area contributed by atoms with E-state index in [1.165, 1.54) is 0 Å². The summed E-state index contributed by atoms with van der Waals surface area (Å²) in [6.07, 6.45) is 0. The standard InChI is InChI=1S/C20H24N2O4/c1-14-12-16(22-8-10-26-11-9-22)5-6-17(14)21-20(23)15-4-7-18(24-2)19(13-15)25-3/h4-7,12-13H,8-11H2,1-3H3,(H,21,23). The van der Waals surface area contributed by atoms with E-state index < -0.39 is 0 Å². The molecular weight excluding hydrogens is 332 g/mol. The third-order valence-electron chi connectivity index (χ3n) is 4.48. The number of hydrogen-bond acceptors (Lipinski definition) is 5. The highest BCUT2D eigenvalue weighted by Gasteiger charge is 2.14. The highest BCUT2D eigenvalue weighted by molar-refractivity contribution is 6.05. The Morgan fingerprint density at radius 3 is 2.42 bits per heavy atom. The van der Waals surface area contributed by atoms with Crippen molar-refractivity contribution in [2.24, 2.45) is 0 Å². The fourth-order valence-electron chi connectivity index (χ4n) is 2.98. The average Bonchev–Trinajstić information content (AvgIpc) is 2.69. The summed E-state index contributed by atoms with van der Waals surface area (Å²) in [6, 6.07) is 11.2. The molecule has 0 atom stereocenters. The van der Waals surface area contributed by atoms with Crippen LogP contribution in [0.1, 0.15) is 15.9 Å². The lowest BCUT2D eigenvalue weighted by Crippen LogP contribution is -2.36. The van der Waals surface area contributed by atoms with Crippen molar-refractivity contribution in [2.75, 3.05) is 50.7 Å². The van der Waals surface area contributed by atoms with Gasteiger partial charge in [-0.25, -0.2) is 0 Å². The first-order valence-electron chi connectivity index (χ1n) is 8.59. The quantitative estimate of drug-likeness (QED) is 0.892. The number of nitrogens with one attached hydrogen (secondary N) is 1. The minimum absolute atomic E-state index is 0.187. The third-order valence-corrected chi connectivity index (χ3v) is 4.48. The van der Waals surface area contributed by atoms with Gasteiger partial charge in [0.1, 0.15) is 0 Å². The van der Waals surface area contributed by atoms with Gasteiger partial charge in [0.05, 0.1) is 27.4 Å². The molecule has 0 unspecified atom stereocenters. The monoisotopic (exact) mass is 356 g/mol. The van der Waals surface area contributed by atoms with E-state index in [4.69, 9.17) is 14.2 Å². The van der Waals surface area contributed by atoms with Crippen molar-refractivity contribution in [1.29, 1.82) is 0 Å². The molecule has 1 N–H and O–H groups in total. The summed E-state index contributed by atoms with van der Waals surface area (Å²) in [5, 5.41) is 2.97. The van der Waals surface area contributed by atoms with Crippen LogP contribution in [-0.4, -0.2) is 46.4 Å². The van der Waals surface area contributed by atoms with Crippen LogP contribution in [0.3, 0.4) is 0 Å². The Hall–Kier alpha value is -2.73. The van der Waals surface area contributed by atoms with E-state index in [2.05, 4.69) is 16.3 Å². The highest BCUT2D eigenvalue weighted by Crippen LogP contribution is 2.28. The predicted molar refractivity (Wildman–Crippen MR) is 102 cm³/mol. The number of anilines is 2. The lowest BCUT2D eigenvalue weighted by Gasteiger charge is -2.29. The summed E-state index contributed by atoms with van der Waals surface area (Å²) in [7, 11) is 3.12. The summed E-state index contributed by atoms with van der Waals surface area (Å²) < 4.78 is 15.9. The molecule has 26 heavy (non-hydrogen) atoms. The predicted octanol–water partition coefficient (Wildman–Crippen LogP) is 3.10. The SMILES string of the molecule is COc1ccc(C(=O)Nc2ccc(N3CCOCC3)cc2C)cc1OC. The molecule has 138 valence electrons. The van der Waals surface area contributed by atoms with Gasteiger partial charge in [0, 0.05) is 30.0 Å². The number of benzene rings is 2. The zero-order chi connectivity index (χ0) is 18.5. The van der Waals surface area contributed by atoms with Gasteiger partial charge in [0.25, 0.3) is 5.91 Å². The molecule has 1 saturated heterocycles. The molecule has 1 aliphatic rings. The van der Waals surface area contributed by atoms with Gasteiger partial charge in [-0.15, -0.1) is 0 Å². The van der Waals surface area contributed by atoms with E-state index in [1.807, 2.05) is 19.1 Å². The lowest BCUT2D eigenvalue weighted by molar-refractivity contribution is 0.102. The van der Waals surface area contributed by atoms with Crippen LogP contribution >= 0.6 is 0 Å². The first-order chi connectivity index (χ1) is 12.6. The Labute approximate surface area is 153 Å². The van der Waals surface area contributed by atoms with Gasteiger partial charge in [-0.2, -0.15) is 0 Å². The number of ether oxygens (including phenoxy) is 3. The molecule has 2 aromatic rings. The Kier molecular flexibility index (Phi) is 5.63. The van der Waals surface area contributed by atoms with Gasteiger partial charge in [0.15, 0.2) is 11.5 Å². The molecule has 0 aromatic heterocycles. The number of carbonyl (C=O) groups excluding carboxylic acids is 1. The maximum atomic E-state index is 12.6. The number of hydrogen-bond donors (Lipinski definition) is 1. The molecule has 1 amide bonds. The molecule has 1 fully saturated rings. The van der Waals surface area contributed by atoms with Crippen molar-refractivity contribution in [3.05, 3.63) is 47.5 Å². The molecule has 0 bridgehead atoms. The lowest BCUT2D eigenvalue weighted by atomic mass is 10.1. The molecular formula is C20H24N2O4. The zero-order valence-corrected chi connectivity index (χ0v) is 15.4. The average molecular weight is 356 g/mol. The van der Waals surface area contributed by atoms with Gasteiger partial charge in [-0.05, 0) is 48.9 Å². The Bertz CT molecular complexity index is 785. The van der Waals surface area contributed by atoms with Crippen molar-refractivity contribution in [3.8, 4) is 11.5 Å². The maximum Gasteiger partial charge on any atom is 0.255 e. The van der Waals surface area contributed by atoms with Crippen LogP contribution in [0.4, 0.5) is 11.4 Å². The van der Waals surface area contributed by atoms with Crippen LogP contribution < -0.4 is 19.7 Å². The fourth-order valence-corrected chi connectivity index (χ4v) is 2.98. The molecule has 0 saturated carbocycles. The number of carbonyl (C=O) groups is 1. The fraction of sp³-hybridized carbons (Fsp3) is 0.350. The van der Waals surface area contributed by atoms with Crippen LogP contribution in [0.2, 0.25) is 0 Å². The molecule has 2 aromatic carbocycles. The zero-order valence-electron chi connectivity index (χ0n) is 15.4. The first kappa shape index (κ1) is 18.1. The van der Waals surface area contributed by atoms with E-state index in [9.17, 15) is 4.79 Å². The van der Waals surface area contributed by atoms with Crippen molar-refractivity contribution < 1.29 is 19.0 Å². The number of methoxy groups -OCH3 is 2. The molecule has 0 spiro atoms. The second-order valence-electron chi connectivity index (χ2n) is 6.12. The van der Waals surface area contributed by atoms with Crippen molar-refractivity contribution in [2.45, 2.75) is 6.92 Å². The summed E-state index contributed by atoms with van der Waals surface area (Å²) in [5.74, 6) is 0.933. The Morgan fingerprint density at radius 1 is 1.04 bits per heavy atom. The minimum atomic E-state index is -0.187.